The molecule has 1 aromatic heterocycles. The first-order valence-corrected chi connectivity index (χ1v) is 7.89. The number of halogens is 4. The Balaban J connectivity index is 2.53. The van der Waals surface area contributed by atoms with E-state index >= 15 is 0 Å². The maximum atomic E-state index is 12.9. The van der Waals surface area contributed by atoms with Crippen LogP contribution in [0.1, 0.15) is 38.2 Å². The lowest BCUT2D eigenvalue weighted by molar-refractivity contribution is -0.138. The van der Waals surface area contributed by atoms with Crippen molar-refractivity contribution in [1.29, 1.82) is 0 Å². The molecule has 7 heteroatoms. The highest BCUT2D eigenvalue weighted by Gasteiger charge is 2.32. The SMILES string of the molecule is Cc1cc(C)c(C)c(C(=O)Cn2cc(C(F)(F)F)cc(Cl)c2=O)c1C. The Hall–Kier alpha value is -2.08. The molecule has 3 nitrogen and oxygen atoms in total. The first-order chi connectivity index (χ1) is 11.4. The molecule has 1 aromatic carbocycles. The maximum Gasteiger partial charge on any atom is 0.417 e. The van der Waals surface area contributed by atoms with Gasteiger partial charge < -0.3 is 4.57 Å². The van der Waals surface area contributed by atoms with Gasteiger partial charge in [0.1, 0.15) is 5.02 Å². The monoisotopic (exact) mass is 371 g/mol. The summed E-state index contributed by atoms with van der Waals surface area (Å²) in [6.07, 6.45) is -4.03. The third-order valence-corrected chi connectivity index (χ3v) is 4.60. The molecule has 0 bridgehead atoms. The minimum absolute atomic E-state index is 0.429. The first-order valence-electron chi connectivity index (χ1n) is 7.51. The average Bonchev–Trinajstić information content (AvgIpc) is 2.49. The summed E-state index contributed by atoms with van der Waals surface area (Å²) in [6.45, 7) is 6.75. The van der Waals surface area contributed by atoms with E-state index in [2.05, 4.69) is 0 Å². The Morgan fingerprint density at radius 3 is 2.08 bits per heavy atom. The van der Waals surface area contributed by atoms with Gasteiger partial charge in [-0.25, -0.2) is 0 Å². The van der Waals surface area contributed by atoms with Gasteiger partial charge in [0.15, 0.2) is 5.78 Å². The molecule has 0 N–H and O–H groups in total. The number of nitrogens with zero attached hydrogens (tertiary/aromatic N) is 1. The van der Waals surface area contributed by atoms with Crippen molar-refractivity contribution in [1.82, 2.24) is 4.57 Å². The summed E-state index contributed by atoms with van der Waals surface area (Å²) in [7, 11) is 0. The molecule has 0 atom stereocenters. The molecule has 25 heavy (non-hydrogen) atoms. The fourth-order valence-corrected chi connectivity index (χ4v) is 2.97. The van der Waals surface area contributed by atoms with Crippen LogP contribution in [0.15, 0.2) is 23.1 Å². The van der Waals surface area contributed by atoms with Crippen molar-refractivity contribution in [3.63, 3.8) is 0 Å². The van der Waals surface area contributed by atoms with Crippen molar-refractivity contribution in [3.8, 4) is 0 Å². The fraction of sp³-hybridized carbons (Fsp3) is 0.333. The predicted molar refractivity (Wildman–Crippen MR) is 90.4 cm³/mol. The third-order valence-electron chi connectivity index (χ3n) is 4.33. The highest BCUT2D eigenvalue weighted by atomic mass is 35.5. The van der Waals surface area contributed by atoms with Crippen LogP contribution in [0.2, 0.25) is 5.02 Å². The Kier molecular flexibility index (Phi) is 5.14. The number of ketones is 1. The van der Waals surface area contributed by atoms with Crippen LogP contribution in [0.3, 0.4) is 0 Å². The van der Waals surface area contributed by atoms with E-state index in [1.807, 2.05) is 19.9 Å². The van der Waals surface area contributed by atoms with Crippen LogP contribution >= 0.6 is 11.6 Å². The molecule has 0 saturated heterocycles. The number of hydrogen-bond acceptors (Lipinski definition) is 2. The first kappa shape index (κ1) is 19.2. The number of benzene rings is 1. The summed E-state index contributed by atoms with van der Waals surface area (Å²) < 4.78 is 39.5. The van der Waals surface area contributed by atoms with Crippen molar-refractivity contribution < 1.29 is 18.0 Å². The lowest BCUT2D eigenvalue weighted by Gasteiger charge is -2.16. The Bertz CT molecular complexity index is 888. The molecular formula is C18H17ClF3NO2. The Labute approximate surface area is 148 Å². The molecule has 0 spiro atoms. The van der Waals surface area contributed by atoms with Gasteiger partial charge in [-0.2, -0.15) is 13.2 Å². The number of alkyl halides is 3. The molecule has 0 unspecified atom stereocenters. The third kappa shape index (κ3) is 3.79. The quantitative estimate of drug-likeness (QED) is 0.737. The summed E-state index contributed by atoms with van der Waals surface area (Å²) >= 11 is 5.62. The number of aromatic nitrogens is 1. The summed E-state index contributed by atoms with van der Waals surface area (Å²) in [6, 6.07) is 2.51. The van der Waals surface area contributed by atoms with E-state index in [1.165, 1.54) is 0 Å². The summed E-state index contributed by atoms with van der Waals surface area (Å²) in [5, 5.41) is -0.573. The van der Waals surface area contributed by atoms with Crippen LogP contribution in [0.25, 0.3) is 0 Å². The lowest BCUT2D eigenvalue weighted by Crippen LogP contribution is -2.27. The number of hydrogen-bond donors (Lipinski definition) is 0. The zero-order valence-electron chi connectivity index (χ0n) is 14.2. The second-order valence-corrected chi connectivity index (χ2v) is 6.47. The molecule has 2 rings (SSSR count). The largest absolute Gasteiger partial charge is 0.417 e. The van der Waals surface area contributed by atoms with E-state index < -0.39 is 34.6 Å². The van der Waals surface area contributed by atoms with Gasteiger partial charge in [-0.1, -0.05) is 17.7 Å². The highest BCUT2D eigenvalue weighted by molar-refractivity contribution is 6.30. The van der Waals surface area contributed by atoms with Gasteiger partial charge in [-0.3, -0.25) is 9.59 Å². The second kappa shape index (κ2) is 6.67. The van der Waals surface area contributed by atoms with Gasteiger partial charge in [0.25, 0.3) is 5.56 Å². The average molecular weight is 372 g/mol. The number of pyridine rings is 1. The van der Waals surface area contributed by atoms with Gasteiger partial charge in [-0.05, 0) is 56.0 Å². The summed E-state index contributed by atoms with van der Waals surface area (Å²) in [5.74, 6) is -0.431. The predicted octanol–water partition coefficient (Wildman–Crippen LogP) is 4.64. The molecule has 2 aromatic rings. The number of Topliss-reactive ketones (excluding diaryl/α,β-unsaturated/α-hetero) is 1. The van der Waals surface area contributed by atoms with Crippen molar-refractivity contribution in [2.75, 3.05) is 0 Å². The number of rotatable bonds is 3. The molecular weight excluding hydrogens is 355 g/mol. The maximum absolute atomic E-state index is 12.9. The van der Waals surface area contributed by atoms with Gasteiger partial charge in [0.2, 0.25) is 0 Å². The van der Waals surface area contributed by atoms with Crippen molar-refractivity contribution >= 4 is 17.4 Å². The minimum atomic E-state index is -4.66. The van der Waals surface area contributed by atoms with Crippen LogP contribution in [-0.4, -0.2) is 10.4 Å². The van der Waals surface area contributed by atoms with E-state index in [0.29, 0.717) is 22.4 Å². The summed E-state index contributed by atoms with van der Waals surface area (Å²) in [4.78, 5) is 24.7. The van der Waals surface area contributed by atoms with E-state index in [0.717, 1.165) is 22.3 Å². The number of carbonyl (C=O) groups is 1. The Morgan fingerprint density at radius 2 is 1.60 bits per heavy atom. The molecule has 134 valence electrons. The van der Waals surface area contributed by atoms with Crippen LogP contribution in [0.5, 0.6) is 0 Å². The van der Waals surface area contributed by atoms with E-state index in [4.69, 9.17) is 11.6 Å². The van der Waals surface area contributed by atoms with Crippen LogP contribution in [0.4, 0.5) is 13.2 Å². The Morgan fingerprint density at radius 1 is 1.08 bits per heavy atom. The molecule has 0 aliphatic rings. The van der Waals surface area contributed by atoms with Gasteiger partial charge in [-0.15, -0.1) is 0 Å². The minimum Gasteiger partial charge on any atom is -0.306 e. The lowest BCUT2D eigenvalue weighted by atomic mass is 9.91. The topological polar surface area (TPSA) is 39.1 Å². The van der Waals surface area contributed by atoms with Crippen molar-refractivity contribution in [3.05, 3.63) is 67.1 Å². The normalized spacial score (nSPS) is 11.7. The summed E-state index contributed by atoms with van der Waals surface area (Å²) in [5.41, 5.74) is 1.83. The van der Waals surface area contributed by atoms with Gasteiger partial charge >= 0.3 is 6.18 Å². The second-order valence-electron chi connectivity index (χ2n) is 6.07. The number of carbonyl (C=O) groups excluding carboxylic acids is 1. The zero-order chi connectivity index (χ0) is 19.1. The smallest absolute Gasteiger partial charge is 0.306 e. The molecule has 0 aliphatic carbocycles. The van der Waals surface area contributed by atoms with Crippen LogP contribution < -0.4 is 5.56 Å². The zero-order valence-corrected chi connectivity index (χ0v) is 15.0. The van der Waals surface area contributed by atoms with Crippen LogP contribution in [-0.2, 0) is 12.7 Å². The molecule has 1 heterocycles. The van der Waals surface area contributed by atoms with E-state index in [-0.39, 0.29) is 0 Å². The molecule has 0 aliphatic heterocycles. The molecule has 0 radical (unpaired) electrons. The van der Waals surface area contributed by atoms with E-state index in [1.54, 1.807) is 13.8 Å². The standard InChI is InChI=1S/C18H17ClF3NO2/c1-9-5-10(2)12(4)16(11(9)3)15(24)8-23-7-13(18(20,21)22)6-14(19)17(23)25/h5-7H,8H2,1-4H3. The molecule has 0 amide bonds. The highest BCUT2D eigenvalue weighted by Crippen LogP contribution is 2.30. The number of aryl methyl sites for hydroxylation is 2. The fourth-order valence-electron chi connectivity index (χ4n) is 2.74. The van der Waals surface area contributed by atoms with Crippen LogP contribution in [0, 0.1) is 27.7 Å². The van der Waals surface area contributed by atoms with Crippen molar-refractivity contribution in [2.45, 2.75) is 40.4 Å². The van der Waals surface area contributed by atoms with E-state index in [9.17, 15) is 22.8 Å². The van der Waals surface area contributed by atoms with Gasteiger partial charge in [0, 0.05) is 11.8 Å². The molecule has 0 fully saturated rings. The van der Waals surface area contributed by atoms with Gasteiger partial charge in [0.05, 0.1) is 12.1 Å². The van der Waals surface area contributed by atoms with Crippen molar-refractivity contribution in [2.24, 2.45) is 0 Å². The molecule has 0 saturated carbocycles.